The molecule has 0 bridgehead atoms. The molecule has 2 rings (SSSR count). The molecule has 0 amide bonds. The molecule has 2 N–H and O–H groups in total. The largest absolute Gasteiger partial charge is 0.439 e. The highest BCUT2D eigenvalue weighted by Crippen LogP contribution is 2.31. The van der Waals surface area contributed by atoms with Crippen LogP contribution < -0.4 is 10.5 Å². The van der Waals surface area contributed by atoms with Crippen molar-refractivity contribution in [2.45, 2.75) is 26.2 Å². The van der Waals surface area contributed by atoms with Crippen LogP contribution in [0.4, 0.5) is 5.69 Å². The van der Waals surface area contributed by atoms with Crippen LogP contribution >= 0.6 is 0 Å². The Morgan fingerprint density at radius 1 is 1.22 bits per heavy atom. The summed E-state index contributed by atoms with van der Waals surface area (Å²) in [6, 6.07) is 11.6. The number of hydrogen-bond donors (Lipinski definition) is 1. The Kier molecular flexibility index (Phi) is 3.82. The number of benzene rings is 1. The lowest BCUT2D eigenvalue weighted by Crippen LogP contribution is -1.97. The first-order valence-corrected chi connectivity index (χ1v) is 6.19. The molecule has 1 aromatic heterocycles. The Hall–Kier alpha value is -2.03. The van der Waals surface area contributed by atoms with Crippen molar-refractivity contribution in [1.82, 2.24) is 4.98 Å². The summed E-state index contributed by atoms with van der Waals surface area (Å²) in [6.45, 7) is 4.36. The van der Waals surface area contributed by atoms with Gasteiger partial charge in [-0.2, -0.15) is 0 Å². The Labute approximate surface area is 108 Å². The number of ether oxygens (including phenoxy) is 1. The summed E-state index contributed by atoms with van der Waals surface area (Å²) in [7, 11) is 0. The van der Waals surface area contributed by atoms with Gasteiger partial charge in [0.1, 0.15) is 5.75 Å². The molecule has 0 saturated carbocycles. The number of hydrogen-bond acceptors (Lipinski definition) is 3. The van der Waals surface area contributed by atoms with Gasteiger partial charge in [0.05, 0.1) is 11.9 Å². The second-order valence-corrected chi connectivity index (χ2v) is 4.38. The van der Waals surface area contributed by atoms with Gasteiger partial charge in [0.25, 0.3) is 0 Å². The molecule has 2 aromatic rings. The SMILES string of the molecule is CCC(C)c1ccccc1Oc1ccc(N)cn1. The van der Waals surface area contributed by atoms with Gasteiger partial charge in [-0.3, -0.25) is 0 Å². The quantitative estimate of drug-likeness (QED) is 0.882. The third-order valence-corrected chi connectivity index (χ3v) is 3.04. The predicted molar refractivity (Wildman–Crippen MR) is 73.9 cm³/mol. The van der Waals surface area contributed by atoms with Gasteiger partial charge in [-0.05, 0) is 30.0 Å². The Balaban J connectivity index is 2.26. The van der Waals surface area contributed by atoms with Gasteiger partial charge in [0, 0.05) is 6.07 Å². The Morgan fingerprint density at radius 3 is 2.67 bits per heavy atom. The van der Waals surface area contributed by atoms with Crippen LogP contribution in [0, 0.1) is 0 Å². The van der Waals surface area contributed by atoms with E-state index < -0.39 is 0 Å². The summed E-state index contributed by atoms with van der Waals surface area (Å²) >= 11 is 0. The first kappa shape index (κ1) is 12.4. The van der Waals surface area contributed by atoms with Gasteiger partial charge in [-0.1, -0.05) is 32.0 Å². The molecule has 0 fully saturated rings. The van der Waals surface area contributed by atoms with Crippen LogP contribution in [0.5, 0.6) is 11.6 Å². The third-order valence-electron chi connectivity index (χ3n) is 3.04. The minimum Gasteiger partial charge on any atom is -0.439 e. The van der Waals surface area contributed by atoms with Gasteiger partial charge in [-0.25, -0.2) is 4.98 Å². The van der Waals surface area contributed by atoms with E-state index in [0.29, 0.717) is 17.5 Å². The fraction of sp³-hybridized carbons (Fsp3) is 0.267. The Morgan fingerprint density at radius 2 is 2.00 bits per heavy atom. The van der Waals surface area contributed by atoms with Crippen molar-refractivity contribution in [2.24, 2.45) is 0 Å². The minimum atomic E-state index is 0.468. The topological polar surface area (TPSA) is 48.1 Å². The molecule has 18 heavy (non-hydrogen) atoms. The van der Waals surface area contributed by atoms with E-state index in [1.54, 1.807) is 18.3 Å². The van der Waals surface area contributed by atoms with Gasteiger partial charge >= 0.3 is 0 Å². The van der Waals surface area contributed by atoms with E-state index in [0.717, 1.165) is 12.2 Å². The van der Waals surface area contributed by atoms with Crippen LogP contribution in [0.1, 0.15) is 31.7 Å². The zero-order chi connectivity index (χ0) is 13.0. The molecule has 0 aliphatic carbocycles. The number of aromatic nitrogens is 1. The van der Waals surface area contributed by atoms with Crippen molar-refractivity contribution >= 4 is 5.69 Å². The smallest absolute Gasteiger partial charge is 0.219 e. The first-order chi connectivity index (χ1) is 8.70. The monoisotopic (exact) mass is 242 g/mol. The number of rotatable bonds is 4. The number of nitrogens with zero attached hydrogens (tertiary/aromatic N) is 1. The summed E-state index contributed by atoms with van der Waals surface area (Å²) in [5.74, 6) is 1.90. The molecule has 0 spiro atoms. The normalized spacial score (nSPS) is 12.1. The van der Waals surface area contributed by atoms with Crippen LogP contribution in [-0.2, 0) is 0 Å². The zero-order valence-electron chi connectivity index (χ0n) is 10.8. The predicted octanol–water partition coefficient (Wildman–Crippen LogP) is 3.97. The molecule has 1 atom stereocenters. The van der Waals surface area contributed by atoms with Crippen LogP contribution in [0.3, 0.4) is 0 Å². The van der Waals surface area contributed by atoms with Crippen LogP contribution in [-0.4, -0.2) is 4.98 Å². The molecule has 0 saturated heterocycles. The van der Waals surface area contributed by atoms with Gasteiger partial charge in [-0.15, -0.1) is 0 Å². The maximum absolute atomic E-state index is 5.82. The Bertz CT molecular complexity index is 508. The summed E-state index contributed by atoms with van der Waals surface area (Å²) in [6.07, 6.45) is 2.68. The molecule has 0 aliphatic heterocycles. The number of pyridine rings is 1. The van der Waals surface area contributed by atoms with Crippen LogP contribution in [0.2, 0.25) is 0 Å². The average Bonchev–Trinajstić information content (AvgIpc) is 2.41. The van der Waals surface area contributed by atoms with Crippen molar-refractivity contribution in [3.05, 3.63) is 48.2 Å². The molecule has 0 radical (unpaired) electrons. The lowest BCUT2D eigenvalue weighted by atomic mass is 9.98. The number of anilines is 1. The van der Waals surface area contributed by atoms with Crippen molar-refractivity contribution < 1.29 is 4.74 Å². The van der Waals surface area contributed by atoms with E-state index in [1.165, 1.54) is 5.56 Å². The van der Waals surface area contributed by atoms with Gasteiger partial charge < -0.3 is 10.5 Å². The van der Waals surface area contributed by atoms with E-state index in [-0.39, 0.29) is 0 Å². The molecule has 94 valence electrons. The molecule has 1 unspecified atom stereocenters. The molecular formula is C15H18N2O. The van der Waals surface area contributed by atoms with Crippen molar-refractivity contribution in [3.8, 4) is 11.6 Å². The number of para-hydroxylation sites is 1. The second-order valence-electron chi connectivity index (χ2n) is 4.38. The van der Waals surface area contributed by atoms with E-state index in [2.05, 4.69) is 24.9 Å². The lowest BCUT2D eigenvalue weighted by molar-refractivity contribution is 0.452. The summed E-state index contributed by atoms with van der Waals surface area (Å²) in [4.78, 5) is 4.15. The molecule has 3 nitrogen and oxygen atoms in total. The summed E-state index contributed by atoms with van der Waals surface area (Å²) < 4.78 is 5.82. The third kappa shape index (κ3) is 2.80. The summed E-state index contributed by atoms with van der Waals surface area (Å²) in [5.41, 5.74) is 7.45. The fourth-order valence-corrected chi connectivity index (χ4v) is 1.77. The fourth-order valence-electron chi connectivity index (χ4n) is 1.77. The van der Waals surface area contributed by atoms with E-state index in [4.69, 9.17) is 10.5 Å². The van der Waals surface area contributed by atoms with Crippen LogP contribution in [0.25, 0.3) is 0 Å². The van der Waals surface area contributed by atoms with E-state index >= 15 is 0 Å². The average molecular weight is 242 g/mol. The van der Waals surface area contributed by atoms with E-state index in [9.17, 15) is 0 Å². The van der Waals surface area contributed by atoms with Crippen molar-refractivity contribution in [3.63, 3.8) is 0 Å². The first-order valence-electron chi connectivity index (χ1n) is 6.19. The maximum Gasteiger partial charge on any atom is 0.219 e. The number of nitrogens with two attached hydrogens (primary N) is 1. The highest BCUT2D eigenvalue weighted by molar-refractivity contribution is 5.40. The highest BCUT2D eigenvalue weighted by Gasteiger charge is 2.10. The van der Waals surface area contributed by atoms with Gasteiger partial charge in [0.2, 0.25) is 5.88 Å². The van der Waals surface area contributed by atoms with Crippen molar-refractivity contribution in [2.75, 3.05) is 5.73 Å². The van der Waals surface area contributed by atoms with Crippen LogP contribution in [0.15, 0.2) is 42.6 Å². The highest BCUT2D eigenvalue weighted by atomic mass is 16.5. The van der Waals surface area contributed by atoms with Crippen molar-refractivity contribution in [1.29, 1.82) is 0 Å². The maximum atomic E-state index is 5.82. The molecule has 3 heteroatoms. The second kappa shape index (κ2) is 5.54. The molecule has 1 heterocycles. The van der Waals surface area contributed by atoms with E-state index in [1.807, 2.05) is 18.2 Å². The molecular weight excluding hydrogens is 224 g/mol. The van der Waals surface area contributed by atoms with Gasteiger partial charge in [0.15, 0.2) is 0 Å². The minimum absolute atomic E-state index is 0.468. The lowest BCUT2D eigenvalue weighted by Gasteiger charge is -2.14. The zero-order valence-corrected chi connectivity index (χ0v) is 10.8. The standard InChI is InChI=1S/C15H18N2O/c1-3-11(2)13-6-4-5-7-14(13)18-15-9-8-12(16)10-17-15/h4-11H,3,16H2,1-2H3. The summed E-state index contributed by atoms with van der Waals surface area (Å²) in [5, 5.41) is 0. The number of nitrogen functional groups attached to an aromatic ring is 1. The molecule has 0 aliphatic rings. The molecule has 1 aromatic carbocycles.